The highest BCUT2D eigenvalue weighted by molar-refractivity contribution is 5.79. The lowest BCUT2D eigenvalue weighted by Gasteiger charge is -2.30. The zero-order valence-electron chi connectivity index (χ0n) is 10.9. The lowest BCUT2D eigenvalue weighted by atomic mass is 9.99. The van der Waals surface area contributed by atoms with E-state index in [1.165, 1.54) is 6.07 Å². The van der Waals surface area contributed by atoms with Gasteiger partial charge >= 0.3 is 0 Å². The van der Waals surface area contributed by atoms with Gasteiger partial charge in [-0.3, -0.25) is 4.79 Å². The van der Waals surface area contributed by atoms with Crippen LogP contribution in [0.1, 0.15) is 25.3 Å². The number of rotatable bonds is 3. The smallest absolute Gasteiger partial charge is 0.224 e. The molecule has 1 aromatic rings. The van der Waals surface area contributed by atoms with Crippen LogP contribution >= 0.6 is 0 Å². The highest BCUT2D eigenvalue weighted by Crippen LogP contribution is 2.13. The van der Waals surface area contributed by atoms with Crippen molar-refractivity contribution in [2.45, 2.75) is 38.3 Å². The van der Waals surface area contributed by atoms with Gasteiger partial charge in [-0.05, 0) is 38.4 Å². The second-order valence-electron chi connectivity index (χ2n) is 4.94. The van der Waals surface area contributed by atoms with Crippen LogP contribution in [0.3, 0.4) is 0 Å². The standard InChI is InChI=1S/C14H18F2N2O/c1-9-13(6-3-7-17-9)18-14(19)8-10-11(15)4-2-5-12(10)16/h2,4-5,9,13,17H,3,6-8H2,1H3,(H,18,19)/t9-,13+/m1/s1. The second kappa shape index (κ2) is 6.10. The van der Waals surface area contributed by atoms with E-state index in [1.54, 1.807) is 0 Å². The molecule has 2 atom stereocenters. The van der Waals surface area contributed by atoms with Crippen molar-refractivity contribution in [3.8, 4) is 0 Å². The molecule has 0 unspecified atom stereocenters. The van der Waals surface area contributed by atoms with Gasteiger partial charge in [-0.15, -0.1) is 0 Å². The number of nitrogens with one attached hydrogen (secondary N) is 2. The van der Waals surface area contributed by atoms with E-state index in [4.69, 9.17) is 0 Å². The molecule has 2 rings (SSSR count). The van der Waals surface area contributed by atoms with Crippen LogP contribution < -0.4 is 10.6 Å². The van der Waals surface area contributed by atoms with Gasteiger partial charge in [0, 0.05) is 17.6 Å². The molecule has 19 heavy (non-hydrogen) atoms. The number of halogens is 2. The molecule has 5 heteroatoms. The predicted molar refractivity (Wildman–Crippen MR) is 68.7 cm³/mol. The fourth-order valence-corrected chi connectivity index (χ4v) is 2.36. The third-order valence-corrected chi connectivity index (χ3v) is 3.51. The normalized spacial score (nSPS) is 23.1. The number of hydrogen-bond donors (Lipinski definition) is 2. The zero-order valence-corrected chi connectivity index (χ0v) is 10.9. The van der Waals surface area contributed by atoms with Crippen molar-refractivity contribution in [3.63, 3.8) is 0 Å². The Morgan fingerprint density at radius 2 is 2.11 bits per heavy atom. The molecule has 1 fully saturated rings. The molecule has 0 aliphatic carbocycles. The molecule has 104 valence electrons. The molecule has 1 aliphatic heterocycles. The SMILES string of the molecule is C[C@H]1NCCC[C@@H]1NC(=O)Cc1c(F)cccc1F. The Hall–Kier alpha value is -1.49. The average Bonchev–Trinajstić information content (AvgIpc) is 2.37. The molecule has 0 radical (unpaired) electrons. The van der Waals surface area contributed by atoms with Crippen molar-refractivity contribution in [1.29, 1.82) is 0 Å². The fourth-order valence-electron chi connectivity index (χ4n) is 2.36. The Bertz CT molecular complexity index is 445. The maximum atomic E-state index is 13.4. The Morgan fingerprint density at radius 3 is 2.74 bits per heavy atom. The minimum Gasteiger partial charge on any atom is -0.352 e. The topological polar surface area (TPSA) is 41.1 Å². The maximum absolute atomic E-state index is 13.4. The summed E-state index contributed by atoms with van der Waals surface area (Å²) in [5, 5.41) is 6.10. The van der Waals surface area contributed by atoms with E-state index < -0.39 is 11.6 Å². The number of carbonyl (C=O) groups is 1. The molecule has 1 amide bonds. The molecule has 0 saturated carbocycles. The van der Waals surface area contributed by atoms with Gasteiger partial charge in [0.15, 0.2) is 0 Å². The van der Waals surface area contributed by atoms with E-state index in [0.717, 1.165) is 31.5 Å². The van der Waals surface area contributed by atoms with E-state index in [0.29, 0.717) is 0 Å². The molecule has 0 bridgehead atoms. The van der Waals surface area contributed by atoms with Gasteiger partial charge in [0.05, 0.1) is 6.42 Å². The van der Waals surface area contributed by atoms with Gasteiger partial charge in [0.25, 0.3) is 0 Å². The molecule has 0 spiro atoms. The average molecular weight is 268 g/mol. The zero-order chi connectivity index (χ0) is 13.8. The third kappa shape index (κ3) is 3.50. The monoisotopic (exact) mass is 268 g/mol. The number of amides is 1. The van der Waals surface area contributed by atoms with Crippen LogP contribution in [0.15, 0.2) is 18.2 Å². The van der Waals surface area contributed by atoms with E-state index in [9.17, 15) is 13.6 Å². The Kier molecular flexibility index (Phi) is 4.47. The van der Waals surface area contributed by atoms with Crippen molar-refractivity contribution in [2.24, 2.45) is 0 Å². The molecule has 1 aliphatic rings. The second-order valence-corrected chi connectivity index (χ2v) is 4.94. The van der Waals surface area contributed by atoms with Crippen molar-refractivity contribution in [3.05, 3.63) is 35.4 Å². The summed E-state index contributed by atoms with van der Waals surface area (Å²) in [6, 6.07) is 3.82. The molecular formula is C14H18F2N2O. The van der Waals surface area contributed by atoms with Gasteiger partial charge in [-0.25, -0.2) is 8.78 Å². The Balaban J connectivity index is 1.97. The first kappa shape index (κ1) is 13.9. The number of benzene rings is 1. The van der Waals surface area contributed by atoms with Crippen LogP contribution in [0.5, 0.6) is 0 Å². The predicted octanol–water partition coefficient (Wildman–Crippen LogP) is 1.76. The molecular weight excluding hydrogens is 250 g/mol. The highest BCUT2D eigenvalue weighted by Gasteiger charge is 2.23. The lowest BCUT2D eigenvalue weighted by molar-refractivity contribution is -0.121. The van der Waals surface area contributed by atoms with E-state index in [2.05, 4.69) is 10.6 Å². The van der Waals surface area contributed by atoms with Crippen LogP contribution in [0.4, 0.5) is 8.78 Å². The number of piperidine rings is 1. The highest BCUT2D eigenvalue weighted by atomic mass is 19.1. The summed E-state index contributed by atoms with van der Waals surface area (Å²) in [7, 11) is 0. The first-order chi connectivity index (χ1) is 9.08. The molecule has 1 heterocycles. The summed E-state index contributed by atoms with van der Waals surface area (Å²) >= 11 is 0. The maximum Gasteiger partial charge on any atom is 0.224 e. The minimum atomic E-state index is -0.676. The Labute approximate surface area is 111 Å². The molecule has 1 aromatic carbocycles. The van der Waals surface area contributed by atoms with Crippen molar-refractivity contribution in [2.75, 3.05) is 6.54 Å². The molecule has 2 N–H and O–H groups in total. The van der Waals surface area contributed by atoms with Gasteiger partial charge in [0.2, 0.25) is 5.91 Å². The van der Waals surface area contributed by atoms with Crippen molar-refractivity contribution < 1.29 is 13.6 Å². The van der Waals surface area contributed by atoms with Crippen molar-refractivity contribution >= 4 is 5.91 Å². The number of hydrogen-bond acceptors (Lipinski definition) is 2. The molecule has 1 saturated heterocycles. The summed E-state index contributed by atoms with van der Waals surface area (Å²) in [5.41, 5.74) is -0.170. The lowest BCUT2D eigenvalue weighted by Crippen LogP contribution is -2.52. The first-order valence-corrected chi connectivity index (χ1v) is 6.53. The van der Waals surface area contributed by atoms with Crippen LogP contribution in [0, 0.1) is 11.6 Å². The van der Waals surface area contributed by atoms with Gasteiger partial charge in [-0.2, -0.15) is 0 Å². The van der Waals surface area contributed by atoms with E-state index in [1.807, 2.05) is 6.92 Å². The number of carbonyl (C=O) groups excluding carboxylic acids is 1. The van der Waals surface area contributed by atoms with Crippen LogP contribution in [-0.4, -0.2) is 24.5 Å². The first-order valence-electron chi connectivity index (χ1n) is 6.53. The van der Waals surface area contributed by atoms with E-state index >= 15 is 0 Å². The summed E-state index contributed by atoms with van der Waals surface area (Å²) in [6.45, 7) is 2.93. The Morgan fingerprint density at radius 1 is 1.42 bits per heavy atom. The summed E-state index contributed by atoms with van der Waals surface area (Å²) in [4.78, 5) is 11.9. The van der Waals surface area contributed by atoms with Gasteiger partial charge in [0.1, 0.15) is 11.6 Å². The van der Waals surface area contributed by atoms with Gasteiger partial charge in [-0.1, -0.05) is 6.07 Å². The molecule has 3 nitrogen and oxygen atoms in total. The summed E-state index contributed by atoms with van der Waals surface area (Å²) in [5.74, 6) is -1.69. The summed E-state index contributed by atoms with van der Waals surface area (Å²) < 4.78 is 26.9. The largest absolute Gasteiger partial charge is 0.352 e. The minimum absolute atomic E-state index is 0.0242. The fraction of sp³-hybridized carbons (Fsp3) is 0.500. The van der Waals surface area contributed by atoms with Crippen molar-refractivity contribution in [1.82, 2.24) is 10.6 Å². The third-order valence-electron chi connectivity index (χ3n) is 3.51. The summed E-state index contributed by atoms with van der Waals surface area (Å²) in [6.07, 6.45) is 1.62. The van der Waals surface area contributed by atoms with Crippen LogP contribution in [0.25, 0.3) is 0 Å². The quantitative estimate of drug-likeness (QED) is 0.877. The van der Waals surface area contributed by atoms with E-state index in [-0.39, 0.29) is 30.0 Å². The van der Waals surface area contributed by atoms with Crippen LogP contribution in [0.2, 0.25) is 0 Å². The molecule has 0 aromatic heterocycles. The van der Waals surface area contributed by atoms with Gasteiger partial charge < -0.3 is 10.6 Å². The van der Waals surface area contributed by atoms with Crippen LogP contribution in [-0.2, 0) is 11.2 Å².